The van der Waals surface area contributed by atoms with Gasteiger partial charge in [0.05, 0.1) is 33.4 Å². The van der Waals surface area contributed by atoms with E-state index < -0.39 is 0 Å². The molecule has 6 nitrogen and oxygen atoms in total. The van der Waals surface area contributed by atoms with Crippen LogP contribution in [0.1, 0.15) is 52.7 Å². The smallest absolute Gasteiger partial charge is 0.256 e. The van der Waals surface area contributed by atoms with Crippen molar-refractivity contribution in [2.45, 2.75) is 52.4 Å². The molecular formula is C74H53B3N4O2. The molecule has 0 spiro atoms. The number of rotatable bonds is 2. The van der Waals surface area contributed by atoms with E-state index in [4.69, 9.17) is 9.47 Å². The van der Waals surface area contributed by atoms with Crippen LogP contribution in [0.4, 0.5) is 34.1 Å². The summed E-state index contributed by atoms with van der Waals surface area (Å²) < 4.78 is 19.6. The molecule has 2 aromatic heterocycles. The van der Waals surface area contributed by atoms with Gasteiger partial charge in [0.1, 0.15) is 23.0 Å². The van der Waals surface area contributed by atoms with Crippen LogP contribution in [-0.4, -0.2) is 29.3 Å². The van der Waals surface area contributed by atoms with Gasteiger partial charge in [0.2, 0.25) is 0 Å². The van der Waals surface area contributed by atoms with Crippen molar-refractivity contribution >= 4 is 147 Å². The number of aromatic nitrogens is 2. The SMILES string of the molecule is CC(C)(C)c1ccc2c(c1)N1c3cc(-n4c5ccccc5c5ccccc54)cc4c3B(c3ccccc3O4)c3cc4c5c(c31)B2c1ccc(C(C)(C)C)cc1N5c1cc(-n2c3ccccc3c3ccccc32)cc2c1B4c1ccccc1O2. The Bertz CT molecular complexity index is 4710. The van der Waals surface area contributed by atoms with E-state index in [1.807, 2.05) is 0 Å². The van der Waals surface area contributed by atoms with Crippen LogP contribution in [0.25, 0.3) is 55.0 Å². The van der Waals surface area contributed by atoms with E-state index in [0.717, 1.165) is 45.7 Å². The number of benzene rings is 11. The third-order valence-corrected chi connectivity index (χ3v) is 19.5. The molecule has 8 heterocycles. The van der Waals surface area contributed by atoms with E-state index >= 15 is 0 Å². The Hall–Kier alpha value is -9.59. The predicted octanol–water partition coefficient (Wildman–Crippen LogP) is 12.4. The number of ether oxygens (including phenoxy) is 2. The molecule has 0 saturated carbocycles. The van der Waals surface area contributed by atoms with Crippen LogP contribution in [0.3, 0.4) is 0 Å². The van der Waals surface area contributed by atoms with Gasteiger partial charge in [-0.25, -0.2) is 0 Å². The van der Waals surface area contributed by atoms with Crippen molar-refractivity contribution in [1.29, 1.82) is 0 Å². The van der Waals surface area contributed by atoms with Crippen molar-refractivity contribution in [2.24, 2.45) is 0 Å². The highest BCUT2D eigenvalue weighted by Crippen LogP contribution is 2.51. The predicted molar refractivity (Wildman–Crippen MR) is 349 cm³/mol. The van der Waals surface area contributed by atoms with Gasteiger partial charge in [-0.2, -0.15) is 0 Å². The van der Waals surface area contributed by atoms with Gasteiger partial charge >= 0.3 is 0 Å². The summed E-state index contributed by atoms with van der Waals surface area (Å²) in [6.45, 7) is 13.7. The van der Waals surface area contributed by atoms with Gasteiger partial charge in [-0.05, 0) is 132 Å². The molecule has 9 heteroatoms. The third kappa shape index (κ3) is 5.91. The molecular weight excluding hydrogens is 1010 g/mol. The number of fused-ring (bicyclic) bond motifs is 20. The van der Waals surface area contributed by atoms with Crippen LogP contribution in [0, 0.1) is 0 Å². The largest absolute Gasteiger partial charge is 0.458 e. The molecule has 0 bridgehead atoms. The summed E-state index contributed by atoms with van der Waals surface area (Å²) >= 11 is 0. The number of hydrogen-bond donors (Lipinski definition) is 0. The highest BCUT2D eigenvalue weighted by atomic mass is 16.5. The maximum Gasteiger partial charge on any atom is 0.256 e. The Balaban J connectivity index is 0.979. The second kappa shape index (κ2) is 15.7. The fraction of sp³-hybridized carbons (Fsp3) is 0.108. The maximum atomic E-state index is 7.34. The Morgan fingerprint density at radius 1 is 0.301 bits per heavy atom. The summed E-state index contributed by atoms with van der Waals surface area (Å²) in [7, 11) is 0. The summed E-state index contributed by atoms with van der Waals surface area (Å²) in [5, 5.41) is 4.92. The van der Waals surface area contributed by atoms with Crippen LogP contribution >= 0.6 is 0 Å². The highest BCUT2D eigenvalue weighted by molar-refractivity contribution is 7.07. The van der Waals surface area contributed by atoms with Gasteiger partial charge in [-0.3, -0.25) is 0 Å². The van der Waals surface area contributed by atoms with Gasteiger partial charge in [0.15, 0.2) is 0 Å². The van der Waals surface area contributed by atoms with Crippen molar-refractivity contribution in [3.05, 3.63) is 223 Å². The molecule has 6 aliphatic rings. The molecule has 0 unspecified atom stereocenters. The number of hydrogen-bond acceptors (Lipinski definition) is 4. The molecule has 0 saturated heterocycles. The van der Waals surface area contributed by atoms with Gasteiger partial charge in [-0.1, -0.05) is 181 Å². The molecule has 0 amide bonds. The molecule has 0 aliphatic carbocycles. The zero-order valence-corrected chi connectivity index (χ0v) is 47.0. The first-order chi connectivity index (χ1) is 40.5. The van der Waals surface area contributed by atoms with E-state index in [1.165, 1.54) is 127 Å². The lowest BCUT2D eigenvalue weighted by Crippen LogP contribution is -2.72. The Kier molecular flexibility index (Phi) is 8.71. The molecule has 0 radical (unpaired) electrons. The minimum absolute atomic E-state index is 0.0903. The fourth-order valence-corrected chi connectivity index (χ4v) is 15.8. The molecule has 11 aromatic carbocycles. The van der Waals surface area contributed by atoms with E-state index in [0.29, 0.717) is 0 Å². The Labute approximate surface area is 483 Å². The average molecular weight is 1060 g/mol. The minimum atomic E-state index is -0.135. The lowest BCUT2D eigenvalue weighted by atomic mass is 9.26. The minimum Gasteiger partial charge on any atom is -0.458 e. The Morgan fingerprint density at radius 3 is 1.06 bits per heavy atom. The van der Waals surface area contributed by atoms with Gasteiger partial charge < -0.3 is 28.4 Å². The van der Waals surface area contributed by atoms with Crippen molar-refractivity contribution in [1.82, 2.24) is 9.13 Å². The molecule has 390 valence electrons. The zero-order chi connectivity index (χ0) is 55.1. The van der Waals surface area contributed by atoms with E-state index in [-0.39, 0.29) is 31.0 Å². The van der Waals surface area contributed by atoms with Gasteiger partial charge in [-0.15, -0.1) is 0 Å². The first-order valence-electron chi connectivity index (χ1n) is 29.4. The normalized spacial score (nSPS) is 14.5. The first-order valence-corrected chi connectivity index (χ1v) is 29.4. The maximum absolute atomic E-state index is 7.34. The molecule has 0 fully saturated rings. The molecule has 83 heavy (non-hydrogen) atoms. The molecule has 19 rings (SSSR count). The van der Waals surface area contributed by atoms with Crippen molar-refractivity contribution in [2.75, 3.05) is 9.80 Å². The number of para-hydroxylation sites is 6. The second-order valence-corrected chi connectivity index (χ2v) is 26.0. The van der Waals surface area contributed by atoms with Crippen molar-refractivity contribution in [3.8, 4) is 34.4 Å². The van der Waals surface area contributed by atoms with Gasteiger partial charge in [0, 0.05) is 67.8 Å². The summed E-state index contributed by atoms with van der Waals surface area (Å²) in [6.07, 6.45) is 0. The second-order valence-electron chi connectivity index (χ2n) is 26.0. The quantitative estimate of drug-likeness (QED) is 0.162. The van der Waals surface area contributed by atoms with Crippen LogP contribution in [-0.2, 0) is 10.8 Å². The van der Waals surface area contributed by atoms with E-state index in [1.54, 1.807) is 0 Å². The van der Waals surface area contributed by atoms with E-state index in [2.05, 4.69) is 273 Å². The van der Waals surface area contributed by atoms with Crippen molar-refractivity contribution in [3.63, 3.8) is 0 Å². The summed E-state index contributed by atoms with van der Waals surface area (Å²) in [6, 6.07) is 80.2. The van der Waals surface area contributed by atoms with Crippen molar-refractivity contribution < 1.29 is 9.47 Å². The standard InChI is InChI=1S/C74H53B3N4O2/c1-73(2,3)42-31-33-50-60(35-42)80-62-37-44(78-56-25-13-7-19-46(56)47-20-8-14-26-57(47)78)39-66-68(62)76(52-23-11-17-29-64(52)82-66)54-41-55-72-70(71(54)80)75(50)51-34-32-43(74(4,5)6)36-61(51)81(72)63-38-45(40-67-69(63)77(55)53-24-12-18-30-65(53)83-67)79-58-27-15-9-21-48(58)49-22-10-16-28-59(49)79/h7-41H,1-6H3. The van der Waals surface area contributed by atoms with Crippen LogP contribution < -0.4 is 68.4 Å². The molecule has 13 aromatic rings. The van der Waals surface area contributed by atoms with Gasteiger partial charge in [0.25, 0.3) is 20.1 Å². The van der Waals surface area contributed by atoms with Crippen LogP contribution in [0.2, 0.25) is 0 Å². The Morgan fingerprint density at radius 2 is 0.663 bits per heavy atom. The lowest BCUT2D eigenvalue weighted by molar-refractivity contribution is 0.487. The first kappa shape index (κ1) is 46.1. The summed E-state index contributed by atoms with van der Waals surface area (Å²) in [4.78, 5) is 5.38. The number of nitrogens with zero attached hydrogens (tertiary/aromatic N) is 4. The molecule has 6 aliphatic heterocycles. The fourth-order valence-electron chi connectivity index (χ4n) is 15.8. The topological polar surface area (TPSA) is 34.8 Å². The molecule has 0 N–H and O–H groups in total. The average Bonchev–Trinajstić information content (AvgIpc) is 1.39. The third-order valence-electron chi connectivity index (χ3n) is 19.5. The van der Waals surface area contributed by atoms with Crippen LogP contribution in [0.5, 0.6) is 23.0 Å². The summed E-state index contributed by atoms with van der Waals surface area (Å²) in [5.41, 5.74) is 27.8. The summed E-state index contributed by atoms with van der Waals surface area (Å²) in [5.74, 6) is 3.57. The zero-order valence-electron chi connectivity index (χ0n) is 47.0. The lowest BCUT2D eigenvalue weighted by Gasteiger charge is -2.52. The highest BCUT2D eigenvalue weighted by Gasteiger charge is 2.55. The molecule has 0 atom stereocenters. The monoisotopic (exact) mass is 1060 g/mol. The van der Waals surface area contributed by atoms with Crippen LogP contribution in [0.15, 0.2) is 212 Å². The number of anilines is 6. The van der Waals surface area contributed by atoms with E-state index in [9.17, 15) is 0 Å².